The van der Waals surface area contributed by atoms with E-state index in [4.69, 9.17) is 4.74 Å². The van der Waals surface area contributed by atoms with Gasteiger partial charge in [-0.15, -0.1) is 0 Å². The van der Waals surface area contributed by atoms with Crippen molar-refractivity contribution in [3.05, 3.63) is 18.2 Å². The molecule has 0 spiro atoms. The minimum Gasteiger partial charge on any atom is -0.490 e. The van der Waals surface area contributed by atoms with Crippen molar-refractivity contribution < 1.29 is 14.3 Å². The number of hydrogen-bond donors (Lipinski definition) is 2. The summed E-state index contributed by atoms with van der Waals surface area (Å²) in [6.07, 6.45) is 0.917. The number of hydrogen-bond acceptors (Lipinski definition) is 3. The third-order valence-corrected chi connectivity index (χ3v) is 4.19. The first kappa shape index (κ1) is 19.1. The summed E-state index contributed by atoms with van der Waals surface area (Å²) in [4.78, 5) is 26.5. The molecule has 1 aromatic rings. The predicted molar refractivity (Wildman–Crippen MR) is 100 cm³/mol. The van der Waals surface area contributed by atoms with Gasteiger partial charge in [0, 0.05) is 24.8 Å². The highest BCUT2D eigenvalue weighted by Gasteiger charge is 2.37. The van der Waals surface area contributed by atoms with Gasteiger partial charge >= 0.3 is 6.03 Å². The Morgan fingerprint density at radius 1 is 1.36 bits per heavy atom. The van der Waals surface area contributed by atoms with Gasteiger partial charge in [-0.3, -0.25) is 4.79 Å². The second kappa shape index (κ2) is 7.76. The predicted octanol–water partition coefficient (Wildman–Crippen LogP) is 3.63. The van der Waals surface area contributed by atoms with E-state index in [1.165, 1.54) is 0 Å². The highest BCUT2D eigenvalue weighted by Crippen LogP contribution is 2.38. The van der Waals surface area contributed by atoms with E-state index in [9.17, 15) is 9.59 Å². The van der Waals surface area contributed by atoms with Crippen molar-refractivity contribution in [2.45, 2.75) is 41.0 Å². The van der Waals surface area contributed by atoms with Crippen LogP contribution in [0.2, 0.25) is 0 Å². The Balaban J connectivity index is 2.32. The molecule has 0 radical (unpaired) electrons. The Morgan fingerprint density at radius 3 is 2.72 bits per heavy atom. The molecule has 1 aromatic carbocycles. The molecule has 0 unspecified atom stereocenters. The molecule has 2 rings (SSSR count). The van der Waals surface area contributed by atoms with Gasteiger partial charge in [-0.1, -0.05) is 13.8 Å². The first-order chi connectivity index (χ1) is 11.7. The summed E-state index contributed by atoms with van der Waals surface area (Å²) in [7, 11) is 0. The van der Waals surface area contributed by atoms with Crippen LogP contribution in [0.3, 0.4) is 0 Å². The molecule has 1 aliphatic heterocycles. The van der Waals surface area contributed by atoms with Crippen molar-refractivity contribution in [1.82, 2.24) is 5.32 Å². The van der Waals surface area contributed by atoms with Crippen LogP contribution in [0, 0.1) is 11.3 Å². The zero-order valence-electron chi connectivity index (χ0n) is 15.8. The van der Waals surface area contributed by atoms with Crippen molar-refractivity contribution in [2.24, 2.45) is 11.3 Å². The molecule has 6 nitrogen and oxygen atoms in total. The fraction of sp³-hybridized carbons (Fsp3) is 0.579. The van der Waals surface area contributed by atoms with Crippen LogP contribution >= 0.6 is 0 Å². The summed E-state index contributed by atoms with van der Waals surface area (Å²) in [6, 6.07) is 5.16. The smallest absolute Gasteiger partial charge is 0.319 e. The molecule has 0 bridgehead atoms. The summed E-state index contributed by atoms with van der Waals surface area (Å²) in [5.74, 6) is 1.19. The quantitative estimate of drug-likeness (QED) is 0.854. The van der Waals surface area contributed by atoms with E-state index < -0.39 is 5.41 Å². The molecular weight excluding hydrogens is 318 g/mol. The third kappa shape index (κ3) is 4.65. The zero-order valence-corrected chi connectivity index (χ0v) is 15.8. The third-order valence-electron chi connectivity index (χ3n) is 4.19. The number of urea groups is 1. The van der Waals surface area contributed by atoms with Gasteiger partial charge in [0.25, 0.3) is 0 Å². The van der Waals surface area contributed by atoms with Gasteiger partial charge in [0.1, 0.15) is 12.4 Å². The number of carbonyl (C=O) groups is 2. The highest BCUT2D eigenvalue weighted by atomic mass is 16.5. The number of carbonyl (C=O) groups excluding carboxylic acids is 2. The SMILES string of the molecule is CCNC(=O)Nc1ccc2c(c1)OCC(C)(C)C(=O)N2CCC(C)C. The molecule has 0 aromatic heterocycles. The number of anilines is 2. The fourth-order valence-electron chi connectivity index (χ4n) is 2.67. The summed E-state index contributed by atoms with van der Waals surface area (Å²) in [5, 5.41) is 5.47. The molecule has 0 aliphatic carbocycles. The van der Waals surface area contributed by atoms with Crippen LogP contribution in [-0.2, 0) is 4.79 Å². The zero-order chi connectivity index (χ0) is 18.6. The second-order valence-corrected chi connectivity index (χ2v) is 7.48. The normalized spacial score (nSPS) is 16.1. The lowest BCUT2D eigenvalue weighted by Crippen LogP contribution is -2.42. The lowest BCUT2D eigenvalue weighted by Gasteiger charge is -2.28. The van der Waals surface area contributed by atoms with Crippen LogP contribution in [0.1, 0.15) is 41.0 Å². The molecular formula is C19H29N3O3. The van der Waals surface area contributed by atoms with Crippen LogP contribution < -0.4 is 20.3 Å². The molecule has 3 amide bonds. The Bertz CT molecular complexity index is 641. The van der Waals surface area contributed by atoms with Crippen LogP contribution in [0.4, 0.5) is 16.2 Å². The summed E-state index contributed by atoms with van der Waals surface area (Å²) >= 11 is 0. The fourth-order valence-corrected chi connectivity index (χ4v) is 2.67. The molecule has 6 heteroatoms. The van der Waals surface area contributed by atoms with Crippen molar-refractivity contribution in [2.75, 3.05) is 29.9 Å². The topological polar surface area (TPSA) is 70.7 Å². The molecule has 0 fully saturated rings. The summed E-state index contributed by atoms with van der Waals surface area (Å²) in [6.45, 7) is 11.5. The van der Waals surface area contributed by atoms with Gasteiger partial charge in [-0.05, 0) is 45.2 Å². The van der Waals surface area contributed by atoms with Crippen molar-refractivity contribution >= 4 is 23.3 Å². The molecule has 25 heavy (non-hydrogen) atoms. The van der Waals surface area contributed by atoms with E-state index in [2.05, 4.69) is 24.5 Å². The van der Waals surface area contributed by atoms with Crippen LogP contribution in [0.5, 0.6) is 5.75 Å². The number of amides is 3. The number of benzene rings is 1. The van der Waals surface area contributed by atoms with E-state index >= 15 is 0 Å². The van der Waals surface area contributed by atoms with E-state index in [-0.39, 0.29) is 11.9 Å². The first-order valence-corrected chi connectivity index (χ1v) is 8.88. The van der Waals surface area contributed by atoms with E-state index in [1.54, 1.807) is 12.1 Å². The van der Waals surface area contributed by atoms with E-state index in [1.807, 2.05) is 31.7 Å². The number of nitrogens with zero attached hydrogens (tertiary/aromatic N) is 1. The lowest BCUT2D eigenvalue weighted by atomic mass is 9.92. The molecule has 0 atom stereocenters. The summed E-state index contributed by atoms with van der Waals surface area (Å²) in [5.41, 5.74) is 0.807. The summed E-state index contributed by atoms with van der Waals surface area (Å²) < 4.78 is 5.92. The van der Waals surface area contributed by atoms with Gasteiger partial charge in [0.15, 0.2) is 0 Å². The maximum absolute atomic E-state index is 13.0. The first-order valence-electron chi connectivity index (χ1n) is 8.88. The second-order valence-electron chi connectivity index (χ2n) is 7.48. The van der Waals surface area contributed by atoms with Crippen LogP contribution in [0.15, 0.2) is 18.2 Å². The van der Waals surface area contributed by atoms with Crippen LogP contribution in [0.25, 0.3) is 0 Å². The lowest BCUT2D eigenvalue weighted by molar-refractivity contribution is -0.127. The molecule has 1 aliphatic rings. The highest BCUT2D eigenvalue weighted by molar-refractivity contribution is 6.00. The molecule has 1 heterocycles. The molecule has 2 N–H and O–H groups in total. The largest absolute Gasteiger partial charge is 0.490 e. The van der Waals surface area contributed by atoms with E-state index in [0.29, 0.717) is 37.1 Å². The number of fused-ring (bicyclic) bond motifs is 1. The van der Waals surface area contributed by atoms with Crippen molar-refractivity contribution in [1.29, 1.82) is 0 Å². The minimum atomic E-state index is -0.594. The Kier molecular flexibility index (Phi) is 5.93. The Hall–Kier alpha value is -2.24. The van der Waals surface area contributed by atoms with Crippen LogP contribution in [-0.4, -0.2) is 31.6 Å². The van der Waals surface area contributed by atoms with E-state index in [0.717, 1.165) is 12.1 Å². The standard InChI is InChI=1S/C19H29N3O3/c1-6-20-18(24)21-14-7-8-15-16(11-14)25-12-19(4,5)17(23)22(15)10-9-13(2)3/h7-8,11,13H,6,9-10,12H2,1-5H3,(H2,20,21,24). The average molecular weight is 347 g/mol. The molecule has 0 saturated heterocycles. The Labute approximate surface area is 149 Å². The number of rotatable bonds is 5. The minimum absolute atomic E-state index is 0.0661. The maximum Gasteiger partial charge on any atom is 0.319 e. The molecule has 0 saturated carbocycles. The van der Waals surface area contributed by atoms with Gasteiger partial charge in [0.2, 0.25) is 5.91 Å². The monoisotopic (exact) mass is 347 g/mol. The van der Waals surface area contributed by atoms with Crippen molar-refractivity contribution in [3.8, 4) is 5.75 Å². The van der Waals surface area contributed by atoms with Gasteiger partial charge in [-0.25, -0.2) is 4.79 Å². The molecule has 138 valence electrons. The number of ether oxygens (including phenoxy) is 1. The van der Waals surface area contributed by atoms with Gasteiger partial charge < -0.3 is 20.3 Å². The van der Waals surface area contributed by atoms with Gasteiger partial charge in [0.05, 0.1) is 11.1 Å². The van der Waals surface area contributed by atoms with Crippen molar-refractivity contribution in [3.63, 3.8) is 0 Å². The maximum atomic E-state index is 13.0. The van der Waals surface area contributed by atoms with Gasteiger partial charge in [-0.2, -0.15) is 0 Å². The number of nitrogens with one attached hydrogen (secondary N) is 2. The average Bonchev–Trinajstić information content (AvgIpc) is 2.62. The Morgan fingerprint density at radius 2 is 2.08 bits per heavy atom.